The molecular formula is C7H8O3. The molecule has 0 fully saturated rings. The molecule has 1 rings (SSSR count). The van der Waals surface area contributed by atoms with Crippen LogP contribution in [0.1, 0.15) is 0 Å². The molecule has 0 bridgehead atoms. The lowest BCUT2D eigenvalue weighted by molar-refractivity contribution is -0.127. The fourth-order valence-corrected chi connectivity index (χ4v) is 0.868. The number of ketones is 2. The molecule has 0 saturated carbocycles. The minimum absolute atomic E-state index is 0.146. The molecule has 54 valence electrons. The topological polar surface area (TPSA) is 43.4 Å². The first kappa shape index (κ1) is 7.15. The Kier molecular flexibility index (Phi) is 1.97. The molecule has 0 amide bonds. The fraction of sp³-hybridized carbons (Fsp3) is 0.429. The largest absolute Gasteiger partial charge is 0.383 e. The van der Waals surface area contributed by atoms with E-state index in [9.17, 15) is 9.59 Å². The lowest BCUT2D eigenvalue weighted by Gasteiger charge is -2.02. The maximum Gasteiger partial charge on any atom is 0.168 e. The van der Waals surface area contributed by atoms with Gasteiger partial charge in [0.1, 0.15) is 5.92 Å². The molecule has 0 atom stereocenters. The summed E-state index contributed by atoms with van der Waals surface area (Å²) in [6, 6.07) is 0. The van der Waals surface area contributed by atoms with Gasteiger partial charge >= 0.3 is 0 Å². The van der Waals surface area contributed by atoms with Crippen molar-refractivity contribution in [2.75, 3.05) is 13.7 Å². The van der Waals surface area contributed by atoms with Crippen LogP contribution in [0.15, 0.2) is 12.2 Å². The Morgan fingerprint density at radius 1 is 1.40 bits per heavy atom. The summed E-state index contributed by atoms with van der Waals surface area (Å²) in [5.41, 5.74) is 0. The van der Waals surface area contributed by atoms with E-state index >= 15 is 0 Å². The Bertz CT molecular complexity index is 175. The summed E-state index contributed by atoms with van der Waals surface area (Å²) in [7, 11) is 1.47. The average Bonchev–Trinajstić information content (AvgIpc) is 2.20. The molecule has 0 N–H and O–H groups in total. The Morgan fingerprint density at radius 3 is 2.30 bits per heavy atom. The van der Waals surface area contributed by atoms with Gasteiger partial charge in [0.15, 0.2) is 11.6 Å². The number of carbonyl (C=O) groups excluding carboxylic acids is 2. The molecule has 0 aromatic heterocycles. The highest BCUT2D eigenvalue weighted by molar-refractivity contribution is 6.18. The monoisotopic (exact) mass is 140 g/mol. The van der Waals surface area contributed by atoms with Crippen LogP contribution in [0, 0.1) is 5.92 Å². The number of carbonyl (C=O) groups is 2. The van der Waals surface area contributed by atoms with Gasteiger partial charge in [0, 0.05) is 7.11 Å². The summed E-state index contributed by atoms with van der Waals surface area (Å²) in [5.74, 6) is -0.858. The quantitative estimate of drug-likeness (QED) is 0.505. The van der Waals surface area contributed by atoms with Gasteiger partial charge in [-0.2, -0.15) is 0 Å². The summed E-state index contributed by atoms with van der Waals surface area (Å²) in [5, 5.41) is 0. The second-order valence-corrected chi connectivity index (χ2v) is 2.15. The van der Waals surface area contributed by atoms with E-state index in [2.05, 4.69) is 4.74 Å². The van der Waals surface area contributed by atoms with E-state index < -0.39 is 5.92 Å². The van der Waals surface area contributed by atoms with Gasteiger partial charge in [-0.05, 0) is 12.2 Å². The van der Waals surface area contributed by atoms with Crippen LogP contribution in [0.25, 0.3) is 0 Å². The van der Waals surface area contributed by atoms with Crippen LogP contribution in [-0.2, 0) is 14.3 Å². The summed E-state index contributed by atoms with van der Waals surface area (Å²) in [6.45, 7) is 0.199. The number of methoxy groups -OCH3 is 1. The van der Waals surface area contributed by atoms with Gasteiger partial charge in [-0.3, -0.25) is 9.59 Å². The summed E-state index contributed by atoms with van der Waals surface area (Å²) in [6.07, 6.45) is 2.60. The van der Waals surface area contributed by atoms with Crippen molar-refractivity contribution in [1.29, 1.82) is 0 Å². The lowest BCUT2D eigenvalue weighted by atomic mass is 10.1. The fourth-order valence-electron chi connectivity index (χ4n) is 0.868. The molecule has 0 aliphatic heterocycles. The zero-order valence-corrected chi connectivity index (χ0v) is 5.66. The Balaban J connectivity index is 2.60. The molecule has 0 spiro atoms. The van der Waals surface area contributed by atoms with E-state index in [1.54, 1.807) is 0 Å². The first-order chi connectivity index (χ1) is 4.75. The van der Waals surface area contributed by atoms with Gasteiger partial charge in [0.25, 0.3) is 0 Å². The van der Waals surface area contributed by atoms with Crippen molar-refractivity contribution in [2.45, 2.75) is 0 Å². The van der Waals surface area contributed by atoms with E-state index in [1.807, 2.05) is 0 Å². The molecule has 0 radical (unpaired) electrons. The third-order valence-electron chi connectivity index (χ3n) is 1.43. The van der Waals surface area contributed by atoms with Crippen molar-refractivity contribution in [2.24, 2.45) is 5.92 Å². The van der Waals surface area contributed by atoms with Gasteiger partial charge in [0.2, 0.25) is 0 Å². The van der Waals surface area contributed by atoms with Crippen molar-refractivity contribution in [1.82, 2.24) is 0 Å². The molecule has 0 unspecified atom stereocenters. The molecule has 1 aliphatic rings. The summed E-state index contributed by atoms with van der Waals surface area (Å²) in [4.78, 5) is 21.6. The number of ether oxygens (including phenoxy) is 1. The Morgan fingerprint density at radius 2 is 1.90 bits per heavy atom. The van der Waals surface area contributed by atoms with Crippen molar-refractivity contribution >= 4 is 11.6 Å². The standard InChI is InChI=1S/C7H8O3/c1-10-4-5-6(8)2-3-7(5)9/h2-3,5H,4H2,1H3. The zero-order valence-electron chi connectivity index (χ0n) is 5.66. The van der Waals surface area contributed by atoms with Gasteiger partial charge in [-0.15, -0.1) is 0 Å². The van der Waals surface area contributed by atoms with Gasteiger partial charge < -0.3 is 4.74 Å². The van der Waals surface area contributed by atoms with Gasteiger partial charge in [-0.1, -0.05) is 0 Å². The maximum absolute atomic E-state index is 10.8. The lowest BCUT2D eigenvalue weighted by Crippen LogP contribution is -2.20. The van der Waals surface area contributed by atoms with E-state index in [4.69, 9.17) is 0 Å². The van der Waals surface area contributed by atoms with Gasteiger partial charge in [-0.25, -0.2) is 0 Å². The van der Waals surface area contributed by atoms with Crippen LogP contribution in [-0.4, -0.2) is 25.3 Å². The number of rotatable bonds is 2. The Hall–Kier alpha value is -0.960. The first-order valence-electron chi connectivity index (χ1n) is 3.00. The minimum Gasteiger partial charge on any atom is -0.383 e. The molecule has 3 heteroatoms. The minimum atomic E-state index is -0.565. The Labute approximate surface area is 58.7 Å². The number of allylic oxidation sites excluding steroid dienone is 2. The van der Waals surface area contributed by atoms with Crippen LogP contribution >= 0.6 is 0 Å². The van der Waals surface area contributed by atoms with E-state index in [0.717, 1.165) is 0 Å². The van der Waals surface area contributed by atoms with E-state index in [1.165, 1.54) is 19.3 Å². The number of hydrogen-bond donors (Lipinski definition) is 0. The highest BCUT2D eigenvalue weighted by atomic mass is 16.5. The molecule has 10 heavy (non-hydrogen) atoms. The molecule has 1 aliphatic carbocycles. The summed E-state index contributed by atoms with van der Waals surface area (Å²) >= 11 is 0. The molecule has 3 nitrogen and oxygen atoms in total. The zero-order chi connectivity index (χ0) is 7.56. The average molecular weight is 140 g/mol. The van der Waals surface area contributed by atoms with Crippen molar-refractivity contribution < 1.29 is 14.3 Å². The van der Waals surface area contributed by atoms with Crippen LogP contribution in [0.4, 0.5) is 0 Å². The van der Waals surface area contributed by atoms with Crippen molar-refractivity contribution in [3.8, 4) is 0 Å². The number of hydrogen-bond acceptors (Lipinski definition) is 3. The van der Waals surface area contributed by atoms with Crippen LogP contribution in [0.3, 0.4) is 0 Å². The third-order valence-corrected chi connectivity index (χ3v) is 1.43. The highest BCUT2D eigenvalue weighted by Gasteiger charge is 2.27. The first-order valence-corrected chi connectivity index (χ1v) is 3.00. The van der Waals surface area contributed by atoms with Crippen LogP contribution in [0.2, 0.25) is 0 Å². The molecular weight excluding hydrogens is 132 g/mol. The molecule has 0 saturated heterocycles. The predicted molar refractivity (Wildman–Crippen MR) is 34.5 cm³/mol. The molecule has 0 aromatic carbocycles. The van der Waals surface area contributed by atoms with Crippen molar-refractivity contribution in [3.63, 3.8) is 0 Å². The smallest absolute Gasteiger partial charge is 0.168 e. The second-order valence-electron chi connectivity index (χ2n) is 2.15. The van der Waals surface area contributed by atoms with Crippen LogP contribution < -0.4 is 0 Å². The SMILES string of the molecule is COCC1C(=O)C=CC1=O. The normalized spacial score (nSPS) is 18.9. The molecule has 0 heterocycles. The van der Waals surface area contributed by atoms with E-state index in [0.29, 0.717) is 0 Å². The third kappa shape index (κ3) is 1.14. The predicted octanol–water partition coefficient (Wildman–Crippen LogP) is -0.0430. The van der Waals surface area contributed by atoms with Gasteiger partial charge in [0.05, 0.1) is 6.61 Å². The summed E-state index contributed by atoms with van der Waals surface area (Å²) < 4.78 is 4.68. The maximum atomic E-state index is 10.8. The highest BCUT2D eigenvalue weighted by Crippen LogP contribution is 2.09. The second kappa shape index (κ2) is 2.75. The van der Waals surface area contributed by atoms with Crippen LogP contribution in [0.5, 0.6) is 0 Å². The van der Waals surface area contributed by atoms with E-state index in [-0.39, 0.29) is 18.2 Å². The molecule has 0 aromatic rings. The van der Waals surface area contributed by atoms with Crippen molar-refractivity contribution in [3.05, 3.63) is 12.2 Å².